The number of benzene rings is 1. The summed E-state index contributed by atoms with van der Waals surface area (Å²) in [5.41, 5.74) is 1.93. The fraction of sp³-hybridized carbons (Fsp3) is 0.588. The number of hydrogen-bond donors (Lipinski definition) is 0. The van der Waals surface area contributed by atoms with E-state index in [0.717, 1.165) is 30.3 Å². The van der Waals surface area contributed by atoms with Gasteiger partial charge in [0.05, 0.1) is 11.3 Å². The number of para-hydroxylation sites is 1. The molecule has 0 atom stereocenters. The second kappa shape index (κ2) is 6.28. The zero-order valence-corrected chi connectivity index (χ0v) is 12.1. The van der Waals surface area contributed by atoms with E-state index in [9.17, 15) is 5.26 Å². The van der Waals surface area contributed by atoms with Crippen LogP contribution in [0.3, 0.4) is 0 Å². The van der Waals surface area contributed by atoms with Crippen LogP contribution in [0.1, 0.15) is 31.2 Å². The molecule has 2 aliphatic heterocycles. The minimum absolute atomic E-state index is 0.811. The summed E-state index contributed by atoms with van der Waals surface area (Å²) in [6, 6.07) is 10.3. The second-order valence-corrected chi connectivity index (χ2v) is 6.07. The largest absolute Gasteiger partial charge is 0.370 e. The van der Waals surface area contributed by atoms with Crippen LogP contribution in [-0.4, -0.2) is 37.6 Å². The maximum absolute atomic E-state index is 9.21. The van der Waals surface area contributed by atoms with Crippen LogP contribution in [0, 0.1) is 17.2 Å². The van der Waals surface area contributed by atoms with E-state index >= 15 is 0 Å². The van der Waals surface area contributed by atoms with Crippen molar-refractivity contribution >= 4 is 5.69 Å². The molecule has 0 amide bonds. The molecule has 2 saturated heterocycles. The molecule has 0 unspecified atom stereocenters. The number of hydrogen-bond acceptors (Lipinski definition) is 3. The second-order valence-electron chi connectivity index (χ2n) is 6.07. The van der Waals surface area contributed by atoms with Gasteiger partial charge in [0, 0.05) is 19.6 Å². The molecular formula is C17H23N3. The number of nitrogens with zero attached hydrogens (tertiary/aromatic N) is 3. The van der Waals surface area contributed by atoms with Crippen LogP contribution in [0.25, 0.3) is 0 Å². The van der Waals surface area contributed by atoms with Crippen LogP contribution in [0.2, 0.25) is 0 Å². The van der Waals surface area contributed by atoms with E-state index in [1.807, 2.05) is 18.2 Å². The maximum Gasteiger partial charge on any atom is 0.101 e. The van der Waals surface area contributed by atoms with Crippen molar-refractivity contribution in [2.24, 2.45) is 5.92 Å². The third-order valence-electron chi connectivity index (χ3n) is 4.69. The molecule has 2 fully saturated rings. The van der Waals surface area contributed by atoms with Gasteiger partial charge in [-0.25, -0.2) is 0 Å². The first-order chi connectivity index (χ1) is 9.86. The Morgan fingerprint density at radius 3 is 2.45 bits per heavy atom. The van der Waals surface area contributed by atoms with Crippen LogP contribution >= 0.6 is 0 Å². The molecule has 3 nitrogen and oxygen atoms in total. The zero-order chi connectivity index (χ0) is 13.8. The van der Waals surface area contributed by atoms with Gasteiger partial charge >= 0.3 is 0 Å². The van der Waals surface area contributed by atoms with Gasteiger partial charge in [-0.3, -0.25) is 0 Å². The molecule has 0 saturated carbocycles. The Balaban J connectivity index is 1.56. The predicted molar refractivity (Wildman–Crippen MR) is 81.8 cm³/mol. The van der Waals surface area contributed by atoms with Crippen molar-refractivity contribution in [1.82, 2.24) is 4.90 Å². The molecule has 0 aromatic heterocycles. The van der Waals surface area contributed by atoms with Crippen LogP contribution in [0.15, 0.2) is 24.3 Å². The quantitative estimate of drug-likeness (QED) is 0.845. The van der Waals surface area contributed by atoms with E-state index in [-0.39, 0.29) is 0 Å². The van der Waals surface area contributed by atoms with Gasteiger partial charge in [-0.15, -0.1) is 0 Å². The number of anilines is 1. The molecule has 0 spiro atoms. The molecule has 0 bridgehead atoms. The molecule has 0 radical (unpaired) electrons. The van der Waals surface area contributed by atoms with Crippen molar-refractivity contribution in [2.75, 3.05) is 37.6 Å². The highest BCUT2D eigenvalue weighted by molar-refractivity contribution is 5.59. The van der Waals surface area contributed by atoms with Crippen molar-refractivity contribution in [1.29, 1.82) is 5.26 Å². The number of likely N-dealkylation sites (tertiary alicyclic amines) is 1. The van der Waals surface area contributed by atoms with Crippen molar-refractivity contribution in [3.8, 4) is 6.07 Å². The normalized spacial score (nSPS) is 21.1. The maximum atomic E-state index is 9.21. The van der Waals surface area contributed by atoms with Crippen molar-refractivity contribution in [3.05, 3.63) is 29.8 Å². The lowest BCUT2D eigenvalue weighted by atomic mass is 9.95. The van der Waals surface area contributed by atoms with E-state index in [1.165, 1.54) is 45.3 Å². The Morgan fingerprint density at radius 2 is 1.75 bits per heavy atom. The van der Waals surface area contributed by atoms with Crippen LogP contribution in [0.5, 0.6) is 0 Å². The number of piperidine rings is 1. The standard InChI is InChI=1S/C17H23N3/c18-13-16-5-1-2-6-17(16)20-11-7-15(8-12-20)14-19-9-3-4-10-19/h1-2,5-6,15H,3-4,7-12,14H2. The summed E-state index contributed by atoms with van der Waals surface area (Å²) in [4.78, 5) is 5.02. The van der Waals surface area contributed by atoms with E-state index in [2.05, 4.69) is 21.9 Å². The smallest absolute Gasteiger partial charge is 0.101 e. The average molecular weight is 269 g/mol. The molecular weight excluding hydrogens is 246 g/mol. The Hall–Kier alpha value is -1.53. The zero-order valence-electron chi connectivity index (χ0n) is 12.1. The predicted octanol–water partition coefficient (Wildman–Crippen LogP) is 2.87. The minimum atomic E-state index is 0.811. The van der Waals surface area contributed by atoms with Crippen molar-refractivity contribution in [3.63, 3.8) is 0 Å². The van der Waals surface area contributed by atoms with Crippen LogP contribution in [0.4, 0.5) is 5.69 Å². The SMILES string of the molecule is N#Cc1ccccc1N1CCC(CN2CCCC2)CC1. The minimum Gasteiger partial charge on any atom is -0.370 e. The third-order valence-corrected chi connectivity index (χ3v) is 4.69. The summed E-state index contributed by atoms with van der Waals surface area (Å²) in [7, 11) is 0. The van der Waals surface area contributed by atoms with Gasteiger partial charge in [0.1, 0.15) is 6.07 Å². The molecule has 0 aliphatic carbocycles. The van der Waals surface area contributed by atoms with E-state index < -0.39 is 0 Å². The highest BCUT2D eigenvalue weighted by atomic mass is 15.2. The number of rotatable bonds is 3. The molecule has 3 rings (SSSR count). The first-order valence-electron chi connectivity index (χ1n) is 7.83. The van der Waals surface area contributed by atoms with Gasteiger partial charge in [-0.05, 0) is 56.8 Å². The Kier molecular flexibility index (Phi) is 4.22. The van der Waals surface area contributed by atoms with Crippen molar-refractivity contribution < 1.29 is 0 Å². The summed E-state index contributed by atoms with van der Waals surface area (Å²) in [5, 5.41) is 9.21. The topological polar surface area (TPSA) is 30.3 Å². The molecule has 1 aromatic rings. The monoisotopic (exact) mass is 269 g/mol. The Labute approximate surface area is 121 Å². The van der Waals surface area contributed by atoms with Crippen LogP contribution < -0.4 is 4.90 Å². The highest BCUT2D eigenvalue weighted by Gasteiger charge is 2.23. The molecule has 20 heavy (non-hydrogen) atoms. The van der Waals surface area contributed by atoms with Gasteiger partial charge < -0.3 is 9.80 Å². The van der Waals surface area contributed by atoms with Crippen LogP contribution in [-0.2, 0) is 0 Å². The Bertz CT molecular complexity index is 477. The van der Waals surface area contributed by atoms with Gasteiger partial charge in [-0.2, -0.15) is 5.26 Å². The summed E-state index contributed by atoms with van der Waals surface area (Å²) in [5.74, 6) is 0.846. The summed E-state index contributed by atoms with van der Waals surface area (Å²) >= 11 is 0. The molecule has 2 aliphatic rings. The van der Waals surface area contributed by atoms with Crippen molar-refractivity contribution in [2.45, 2.75) is 25.7 Å². The lowest BCUT2D eigenvalue weighted by Gasteiger charge is -2.35. The fourth-order valence-corrected chi connectivity index (χ4v) is 3.53. The summed E-state index contributed by atoms with van der Waals surface area (Å²) in [6.07, 6.45) is 5.29. The Morgan fingerprint density at radius 1 is 1.05 bits per heavy atom. The van der Waals surface area contributed by atoms with E-state index in [0.29, 0.717) is 0 Å². The summed E-state index contributed by atoms with van der Waals surface area (Å²) < 4.78 is 0. The molecule has 106 valence electrons. The molecule has 1 aromatic carbocycles. The third kappa shape index (κ3) is 2.96. The molecule has 2 heterocycles. The van der Waals surface area contributed by atoms with Gasteiger partial charge in [0.2, 0.25) is 0 Å². The van der Waals surface area contributed by atoms with Gasteiger partial charge in [0.15, 0.2) is 0 Å². The first-order valence-corrected chi connectivity index (χ1v) is 7.83. The van der Waals surface area contributed by atoms with E-state index in [1.54, 1.807) is 0 Å². The van der Waals surface area contributed by atoms with Gasteiger partial charge in [-0.1, -0.05) is 12.1 Å². The highest BCUT2D eigenvalue weighted by Crippen LogP contribution is 2.27. The first kappa shape index (κ1) is 13.5. The molecule has 0 N–H and O–H groups in total. The van der Waals surface area contributed by atoms with E-state index in [4.69, 9.17) is 0 Å². The molecule has 3 heteroatoms. The lowest BCUT2D eigenvalue weighted by molar-refractivity contribution is 0.249. The lowest BCUT2D eigenvalue weighted by Crippen LogP contribution is -2.38. The summed E-state index contributed by atoms with van der Waals surface area (Å²) in [6.45, 7) is 6.08. The number of nitriles is 1. The van der Waals surface area contributed by atoms with Gasteiger partial charge in [0.25, 0.3) is 0 Å². The fourth-order valence-electron chi connectivity index (χ4n) is 3.53. The average Bonchev–Trinajstić information content (AvgIpc) is 3.01.